The number of aliphatic hydroxyl groups is 1. The number of halogens is 1. The zero-order valence-electron chi connectivity index (χ0n) is 11.5. The Balaban J connectivity index is 2.62. The van der Waals surface area contributed by atoms with E-state index in [4.69, 9.17) is 17.3 Å². The molecule has 0 bridgehead atoms. The number of hydrogen-bond acceptors (Lipinski definition) is 3. The van der Waals surface area contributed by atoms with Gasteiger partial charge in [0, 0.05) is 12.1 Å². The van der Waals surface area contributed by atoms with Crippen molar-refractivity contribution in [1.29, 1.82) is 0 Å². The molecule has 1 rings (SSSR count). The van der Waals surface area contributed by atoms with Gasteiger partial charge in [0.25, 0.3) is 5.91 Å². The number of amides is 1. The van der Waals surface area contributed by atoms with E-state index >= 15 is 0 Å². The minimum Gasteiger partial charge on any atom is -0.398 e. The van der Waals surface area contributed by atoms with Crippen LogP contribution < -0.4 is 11.1 Å². The third-order valence-corrected chi connectivity index (χ3v) is 3.07. The van der Waals surface area contributed by atoms with Crippen molar-refractivity contribution in [2.24, 2.45) is 5.92 Å². The van der Waals surface area contributed by atoms with Gasteiger partial charge in [0.05, 0.1) is 16.3 Å². The summed E-state index contributed by atoms with van der Waals surface area (Å²) >= 11 is 5.86. The molecule has 0 saturated heterocycles. The summed E-state index contributed by atoms with van der Waals surface area (Å²) in [5.74, 6) is 0.0869. The van der Waals surface area contributed by atoms with Gasteiger partial charge in [0.2, 0.25) is 0 Å². The fraction of sp³-hybridized carbons (Fsp3) is 0.500. The fourth-order valence-corrected chi connectivity index (χ4v) is 2.17. The van der Waals surface area contributed by atoms with Gasteiger partial charge in [-0.15, -0.1) is 0 Å². The third-order valence-electron chi connectivity index (χ3n) is 2.74. The normalized spacial score (nSPS) is 14.2. The van der Waals surface area contributed by atoms with Crippen LogP contribution in [0.1, 0.15) is 37.6 Å². The van der Waals surface area contributed by atoms with Crippen LogP contribution in [0.25, 0.3) is 0 Å². The van der Waals surface area contributed by atoms with Gasteiger partial charge < -0.3 is 16.2 Å². The van der Waals surface area contributed by atoms with Crippen molar-refractivity contribution < 1.29 is 9.90 Å². The average Bonchev–Trinajstić information content (AvgIpc) is 2.28. The number of hydrogen-bond donors (Lipinski definition) is 3. The van der Waals surface area contributed by atoms with E-state index in [1.165, 1.54) is 6.07 Å². The molecule has 0 aliphatic rings. The quantitative estimate of drug-likeness (QED) is 0.727. The highest BCUT2D eigenvalue weighted by Crippen LogP contribution is 2.20. The van der Waals surface area contributed by atoms with Crippen LogP contribution in [0.5, 0.6) is 0 Å². The van der Waals surface area contributed by atoms with Crippen LogP contribution in [0.3, 0.4) is 0 Å². The fourth-order valence-electron chi connectivity index (χ4n) is 1.99. The first-order valence-electron chi connectivity index (χ1n) is 6.27. The number of anilines is 1. The topological polar surface area (TPSA) is 75.3 Å². The van der Waals surface area contributed by atoms with Crippen molar-refractivity contribution in [2.75, 3.05) is 12.3 Å². The standard InChI is InChI=1S/C14H21ClN2O2/c1-9(2)7-14(3,19)8-17-13(18)10-4-5-12(16)11(15)6-10/h4-6,9,19H,7-8,16H2,1-3H3,(H,17,18). The largest absolute Gasteiger partial charge is 0.398 e. The maximum Gasteiger partial charge on any atom is 0.251 e. The first-order chi connectivity index (χ1) is 8.71. The maximum atomic E-state index is 11.9. The monoisotopic (exact) mass is 284 g/mol. The van der Waals surface area contributed by atoms with Gasteiger partial charge in [-0.3, -0.25) is 4.79 Å². The molecule has 19 heavy (non-hydrogen) atoms. The second kappa shape index (κ2) is 6.26. The van der Waals surface area contributed by atoms with Gasteiger partial charge in [-0.1, -0.05) is 25.4 Å². The number of benzene rings is 1. The molecule has 1 unspecified atom stereocenters. The van der Waals surface area contributed by atoms with Crippen molar-refractivity contribution >= 4 is 23.2 Å². The Morgan fingerprint density at radius 2 is 2.16 bits per heavy atom. The van der Waals surface area contributed by atoms with E-state index in [2.05, 4.69) is 5.32 Å². The van der Waals surface area contributed by atoms with Crippen molar-refractivity contribution in [3.8, 4) is 0 Å². The van der Waals surface area contributed by atoms with E-state index < -0.39 is 5.60 Å². The summed E-state index contributed by atoms with van der Waals surface area (Å²) in [6.07, 6.45) is 0.621. The van der Waals surface area contributed by atoms with Gasteiger partial charge in [0.15, 0.2) is 0 Å². The summed E-state index contributed by atoms with van der Waals surface area (Å²) < 4.78 is 0. The summed E-state index contributed by atoms with van der Waals surface area (Å²) in [6, 6.07) is 4.71. The molecular formula is C14H21ClN2O2. The lowest BCUT2D eigenvalue weighted by Crippen LogP contribution is -2.41. The Bertz CT molecular complexity index is 459. The predicted molar refractivity (Wildman–Crippen MR) is 78.3 cm³/mol. The second-order valence-corrected chi connectivity index (χ2v) is 5.92. The maximum absolute atomic E-state index is 11.9. The number of rotatable bonds is 5. The molecule has 0 aromatic heterocycles. The lowest BCUT2D eigenvalue weighted by Gasteiger charge is -2.25. The van der Waals surface area contributed by atoms with Gasteiger partial charge in [-0.05, 0) is 37.5 Å². The van der Waals surface area contributed by atoms with Crippen LogP contribution in [0.2, 0.25) is 5.02 Å². The molecule has 0 spiro atoms. The van der Waals surface area contributed by atoms with E-state index in [1.807, 2.05) is 13.8 Å². The number of nitrogens with two attached hydrogens (primary N) is 1. The summed E-state index contributed by atoms with van der Waals surface area (Å²) in [5.41, 5.74) is 5.53. The molecule has 1 aromatic carbocycles. The Hall–Kier alpha value is -1.26. The number of carbonyl (C=O) groups excluding carboxylic acids is 1. The van der Waals surface area contributed by atoms with Gasteiger partial charge in [0.1, 0.15) is 0 Å². The van der Waals surface area contributed by atoms with Gasteiger partial charge in [-0.25, -0.2) is 0 Å². The summed E-state index contributed by atoms with van der Waals surface area (Å²) in [6.45, 7) is 5.96. The van der Waals surface area contributed by atoms with Crippen molar-refractivity contribution in [2.45, 2.75) is 32.8 Å². The molecule has 0 saturated carbocycles. The molecule has 0 aliphatic carbocycles. The van der Waals surface area contributed by atoms with E-state index in [0.717, 1.165) is 0 Å². The van der Waals surface area contributed by atoms with Crippen LogP contribution in [-0.2, 0) is 0 Å². The van der Waals surface area contributed by atoms with Crippen molar-refractivity contribution in [3.05, 3.63) is 28.8 Å². The minimum absolute atomic E-state index is 0.200. The van der Waals surface area contributed by atoms with E-state index in [1.54, 1.807) is 19.1 Å². The number of nitrogen functional groups attached to an aromatic ring is 1. The Labute approximate surface area is 118 Å². The molecule has 106 valence electrons. The zero-order valence-corrected chi connectivity index (χ0v) is 12.3. The number of carbonyl (C=O) groups is 1. The SMILES string of the molecule is CC(C)CC(C)(O)CNC(=O)c1ccc(N)c(Cl)c1. The molecule has 0 fully saturated rings. The van der Waals surface area contributed by atoms with Gasteiger partial charge >= 0.3 is 0 Å². The van der Waals surface area contributed by atoms with Crippen LogP contribution >= 0.6 is 11.6 Å². The zero-order chi connectivity index (χ0) is 14.6. The Kier molecular flexibility index (Phi) is 5.20. The lowest BCUT2D eigenvalue weighted by atomic mass is 9.94. The Morgan fingerprint density at radius 3 is 2.68 bits per heavy atom. The average molecular weight is 285 g/mol. The van der Waals surface area contributed by atoms with Crippen LogP contribution in [0, 0.1) is 5.92 Å². The van der Waals surface area contributed by atoms with E-state index in [0.29, 0.717) is 28.6 Å². The first-order valence-corrected chi connectivity index (χ1v) is 6.64. The summed E-state index contributed by atoms with van der Waals surface area (Å²) in [5, 5.41) is 13.2. The molecule has 0 aliphatic heterocycles. The highest BCUT2D eigenvalue weighted by atomic mass is 35.5. The summed E-state index contributed by atoms with van der Waals surface area (Å²) in [4.78, 5) is 11.9. The van der Waals surface area contributed by atoms with Crippen molar-refractivity contribution in [1.82, 2.24) is 5.32 Å². The molecule has 0 radical (unpaired) electrons. The summed E-state index contributed by atoms with van der Waals surface area (Å²) in [7, 11) is 0. The van der Waals surface area contributed by atoms with E-state index in [-0.39, 0.29) is 12.5 Å². The lowest BCUT2D eigenvalue weighted by molar-refractivity contribution is 0.0368. The highest BCUT2D eigenvalue weighted by molar-refractivity contribution is 6.33. The molecule has 1 aromatic rings. The molecule has 0 heterocycles. The van der Waals surface area contributed by atoms with E-state index in [9.17, 15) is 9.90 Å². The van der Waals surface area contributed by atoms with Crippen LogP contribution in [0.15, 0.2) is 18.2 Å². The van der Waals surface area contributed by atoms with Gasteiger partial charge in [-0.2, -0.15) is 0 Å². The highest BCUT2D eigenvalue weighted by Gasteiger charge is 2.22. The smallest absolute Gasteiger partial charge is 0.251 e. The van der Waals surface area contributed by atoms with Crippen molar-refractivity contribution in [3.63, 3.8) is 0 Å². The Morgan fingerprint density at radius 1 is 1.53 bits per heavy atom. The van der Waals surface area contributed by atoms with Crippen LogP contribution in [-0.4, -0.2) is 23.2 Å². The molecule has 5 heteroatoms. The molecule has 4 nitrogen and oxygen atoms in total. The molecule has 1 atom stereocenters. The first kappa shape index (κ1) is 15.8. The molecule has 1 amide bonds. The number of nitrogens with one attached hydrogen (secondary N) is 1. The molecule has 4 N–H and O–H groups in total. The third kappa shape index (κ3) is 5.09. The molecular weight excluding hydrogens is 264 g/mol. The van der Waals surface area contributed by atoms with Crippen LogP contribution in [0.4, 0.5) is 5.69 Å². The minimum atomic E-state index is -0.915. The predicted octanol–water partition coefficient (Wildman–Crippen LogP) is 2.45. The second-order valence-electron chi connectivity index (χ2n) is 5.51.